The van der Waals surface area contributed by atoms with Crippen molar-refractivity contribution in [1.29, 1.82) is 0 Å². The molecule has 1 aliphatic rings. The lowest BCUT2D eigenvalue weighted by atomic mass is 10.1. The molecule has 2 heterocycles. The number of rotatable bonds is 5. The van der Waals surface area contributed by atoms with Gasteiger partial charge < -0.3 is 5.11 Å². The maximum absolute atomic E-state index is 13.7. The number of aliphatic hydroxyl groups is 1. The molecular formula is C18H21F2N3O. The van der Waals surface area contributed by atoms with Gasteiger partial charge in [-0.05, 0) is 29.8 Å². The first-order valence-electron chi connectivity index (χ1n) is 8.09. The summed E-state index contributed by atoms with van der Waals surface area (Å²) < 4.78 is 27.5. The van der Waals surface area contributed by atoms with E-state index in [0.717, 1.165) is 32.7 Å². The Morgan fingerprint density at radius 3 is 2.17 bits per heavy atom. The topological polar surface area (TPSA) is 39.6 Å². The highest BCUT2D eigenvalue weighted by molar-refractivity contribution is 5.22. The van der Waals surface area contributed by atoms with Crippen LogP contribution >= 0.6 is 0 Å². The minimum absolute atomic E-state index is 0.237. The van der Waals surface area contributed by atoms with Gasteiger partial charge in [-0.25, -0.2) is 8.78 Å². The van der Waals surface area contributed by atoms with Gasteiger partial charge in [0.15, 0.2) is 0 Å². The number of hydrogen-bond donors (Lipinski definition) is 1. The van der Waals surface area contributed by atoms with Gasteiger partial charge in [0.2, 0.25) is 0 Å². The molecule has 0 aliphatic carbocycles. The van der Waals surface area contributed by atoms with Crippen molar-refractivity contribution in [3.05, 3.63) is 65.5 Å². The third-order valence-corrected chi connectivity index (χ3v) is 4.38. The smallest absolute Gasteiger partial charge is 0.131 e. The van der Waals surface area contributed by atoms with Crippen molar-refractivity contribution in [3.63, 3.8) is 0 Å². The molecule has 6 heteroatoms. The monoisotopic (exact) mass is 333 g/mol. The van der Waals surface area contributed by atoms with Crippen molar-refractivity contribution < 1.29 is 13.9 Å². The van der Waals surface area contributed by atoms with Crippen molar-refractivity contribution in [1.82, 2.24) is 14.8 Å². The van der Waals surface area contributed by atoms with Crippen LogP contribution in [0, 0.1) is 11.6 Å². The Morgan fingerprint density at radius 1 is 0.958 bits per heavy atom. The molecule has 0 bridgehead atoms. The molecule has 1 saturated heterocycles. The number of benzene rings is 1. The summed E-state index contributed by atoms with van der Waals surface area (Å²) in [5.41, 5.74) is 0.976. The Hall–Kier alpha value is -1.89. The Bertz CT molecular complexity index is 640. The third-order valence-electron chi connectivity index (χ3n) is 4.38. The van der Waals surface area contributed by atoms with Crippen LogP contribution in [-0.2, 0) is 6.54 Å². The predicted molar refractivity (Wildman–Crippen MR) is 87.3 cm³/mol. The highest BCUT2D eigenvalue weighted by Crippen LogP contribution is 2.22. The van der Waals surface area contributed by atoms with E-state index in [2.05, 4.69) is 9.88 Å². The van der Waals surface area contributed by atoms with Gasteiger partial charge >= 0.3 is 0 Å². The van der Waals surface area contributed by atoms with Crippen molar-refractivity contribution >= 4 is 0 Å². The van der Waals surface area contributed by atoms with E-state index >= 15 is 0 Å². The van der Waals surface area contributed by atoms with Crippen molar-refractivity contribution in [2.75, 3.05) is 32.7 Å². The summed E-state index contributed by atoms with van der Waals surface area (Å²) in [5.74, 6) is -1.39. The van der Waals surface area contributed by atoms with E-state index in [0.29, 0.717) is 0 Å². The van der Waals surface area contributed by atoms with Crippen LogP contribution in [-0.4, -0.2) is 52.6 Å². The molecule has 2 aromatic rings. The summed E-state index contributed by atoms with van der Waals surface area (Å²) in [6.07, 6.45) is 2.41. The largest absolute Gasteiger partial charge is 0.387 e. The van der Waals surface area contributed by atoms with Gasteiger partial charge in [-0.15, -0.1) is 0 Å². The Kier molecular flexibility index (Phi) is 5.50. The summed E-state index contributed by atoms with van der Waals surface area (Å²) >= 11 is 0. The molecule has 0 radical (unpaired) electrons. The normalized spacial score (nSPS) is 17.8. The lowest BCUT2D eigenvalue weighted by Gasteiger charge is -2.35. The number of aliphatic hydroxyl groups excluding tert-OH is 1. The SMILES string of the molecule is OC(CN1CCN(Cc2ccncc2)CC1)c1c(F)cccc1F. The van der Waals surface area contributed by atoms with E-state index in [1.807, 2.05) is 17.0 Å². The van der Waals surface area contributed by atoms with Gasteiger partial charge in [-0.3, -0.25) is 14.8 Å². The maximum Gasteiger partial charge on any atom is 0.131 e. The molecule has 0 amide bonds. The summed E-state index contributed by atoms with van der Waals surface area (Å²) in [6, 6.07) is 7.65. The summed E-state index contributed by atoms with van der Waals surface area (Å²) in [4.78, 5) is 8.37. The van der Waals surface area contributed by atoms with Crippen molar-refractivity contribution in [2.45, 2.75) is 12.6 Å². The van der Waals surface area contributed by atoms with Crippen LogP contribution in [0.15, 0.2) is 42.7 Å². The second-order valence-corrected chi connectivity index (χ2v) is 6.08. The minimum Gasteiger partial charge on any atom is -0.387 e. The van der Waals surface area contributed by atoms with Crippen LogP contribution in [0.3, 0.4) is 0 Å². The fraction of sp³-hybridized carbons (Fsp3) is 0.389. The zero-order valence-corrected chi connectivity index (χ0v) is 13.4. The van der Waals surface area contributed by atoms with E-state index in [9.17, 15) is 13.9 Å². The zero-order chi connectivity index (χ0) is 16.9. The zero-order valence-electron chi connectivity index (χ0n) is 13.4. The summed E-state index contributed by atoms with van der Waals surface area (Å²) in [7, 11) is 0. The molecule has 1 atom stereocenters. The molecular weight excluding hydrogens is 312 g/mol. The second kappa shape index (κ2) is 7.79. The van der Waals surface area contributed by atoms with Crippen molar-refractivity contribution in [2.24, 2.45) is 0 Å². The lowest BCUT2D eigenvalue weighted by Crippen LogP contribution is -2.47. The highest BCUT2D eigenvalue weighted by atomic mass is 19.1. The number of pyridine rings is 1. The van der Waals surface area contributed by atoms with Crippen LogP contribution in [0.4, 0.5) is 8.78 Å². The molecule has 1 aliphatic heterocycles. The average molecular weight is 333 g/mol. The maximum atomic E-state index is 13.7. The molecule has 128 valence electrons. The third kappa shape index (κ3) is 4.14. The predicted octanol–water partition coefficient (Wildman–Crippen LogP) is 2.21. The summed E-state index contributed by atoms with van der Waals surface area (Å²) in [6.45, 7) is 4.34. The molecule has 3 rings (SSSR count). The fourth-order valence-electron chi connectivity index (χ4n) is 3.04. The van der Waals surface area contributed by atoms with Crippen LogP contribution in [0.25, 0.3) is 0 Å². The standard InChI is InChI=1S/C18H21F2N3O/c19-15-2-1-3-16(20)18(15)17(24)13-23-10-8-22(9-11-23)12-14-4-6-21-7-5-14/h1-7,17,24H,8-13H2. The fourth-order valence-corrected chi connectivity index (χ4v) is 3.04. The van der Waals surface area contributed by atoms with Gasteiger partial charge in [0.1, 0.15) is 11.6 Å². The average Bonchev–Trinajstić information content (AvgIpc) is 2.57. The van der Waals surface area contributed by atoms with Gasteiger partial charge in [0, 0.05) is 51.7 Å². The first-order chi connectivity index (χ1) is 11.6. The molecule has 1 fully saturated rings. The molecule has 24 heavy (non-hydrogen) atoms. The molecule has 0 spiro atoms. The van der Waals surface area contributed by atoms with Crippen LogP contribution in [0.1, 0.15) is 17.2 Å². The van der Waals surface area contributed by atoms with E-state index in [1.165, 1.54) is 23.8 Å². The summed E-state index contributed by atoms with van der Waals surface area (Å²) in [5, 5.41) is 10.2. The van der Waals surface area contributed by atoms with Crippen LogP contribution in [0.2, 0.25) is 0 Å². The van der Waals surface area contributed by atoms with E-state index < -0.39 is 17.7 Å². The number of aromatic nitrogens is 1. The second-order valence-electron chi connectivity index (χ2n) is 6.08. The van der Waals surface area contributed by atoms with E-state index in [1.54, 1.807) is 12.4 Å². The molecule has 0 saturated carbocycles. The number of hydrogen-bond acceptors (Lipinski definition) is 4. The Morgan fingerprint density at radius 2 is 1.54 bits per heavy atom. The number of halogens is 2. The number of nitrogens with zero attached hydrogens (tertiary/aromatic N) is 3. The van der Waals surface area contributed by atoms with Crippen LogP contribution in [0.5, 0.6) is 0 Å². The molecule has 4 nitrogen and oxygen atoms in total. The molecule has 1 unspecified atom stereocenters. The molecule has 1 aromatic heterocycles. The molecule has 1 N–H and O–H groups in total. The van der Waals surface area contributed by atoms with Gasteiger partial charge in [-0.1, -0.05) is 6.07 Å². The quantitative estimate of drug-likeness (QED) is 0.911. The first kappa shape index (κ1) is 17.0. The first-order valence-corrected chi connectivity index (χ1v) is 8.09. The van der Waals surface area contributed by atoms with Crippen LogP contribution < -0.4 is 0 Å². The Labute approximate surface area is 140 Å². The highest BCUT2D eigenvalue weighted by Gasteiger charge is 2.23. The van der Waals surface area contributed by atoms with Gasteiger partial charge in [0.05, 0.1) is 11.7 Å². The molecule has 1 aromatic carbocycles. The lowest BCUT2D eigenvalue weighted by molar-refractivity contribution is 0.0667. The van der Waals surface area contributed by atoms with Gasteiger partial charge in [-0.2, -0.15) is 0 Å². The Balaban J connectivity index is 1.52. The van der Waals surface area contributed by atoms with Crippen molar-refractivity contribution in [3.8, 4) is 0 Å². The van der Waals surface area contributed by atoms with E-state index in [4.69, 9.17) is 0 Å². The number of β-amino-alcohol motifs (C(OH)–C–C–N with tert-alkyl or cyclic N) is 1. The number of piperazine rings is 1. The minimum atomic E-state index is -1.15. The van der Waals surface area contributed by atoms with E-state index in [-0.39, 0.29) is 12.1 Å². The van der Waals surface area contributed by atoms with Gasteiger partial charge in [0.25, 0.3) is 0 Å².